The van der Waals surface area contributed by atoms with Gasteiger partial charge in [0.05, 0.1) is 0 Å². The van der Waals surface area contributed by atoms with Gasteiger partial charge in [0, 0.05) is 0 Å². The summed E-state index contributed by atoms with van der Waals surface area (Å²) >= 11 is 0. The molecule has 0 fully saturated rings. The van der Waals surface area contributed by atoms with E-state index in [1.807, 2.05) is 0 Å². The average Bonchev–Trinajstić information content (AvgIpc) is 2.29. The third-order valence-corrected chi connectivity index (χ3v) is 2.63. The number of allylic oxidation sites excluding steroid dienone is 2. The molecule has 1 radical (unpaired) electrons. The fourth-order valence-corrected chi connectivity index (χ4v) is 1.67. The van der Waals surface area contributed by atoms with E-state index in [0.717, 1.165) is 19.4 Å². The van der Waals surface area contributed by atoms with Crippen LogP contribution in [0.1, 0.15) is 58.3 Å². The number of hydrogen-bond donors (Lipinski definition) is 0. The summed E-state index contributed by atoms with van der Waals surface area (Å²) < 4.78 is 0. The lowest BCUT2D eigenvalue weighted by Gasteiger charge is -2.06. The van der Waals surface area contributed by atoms with Crippen LogP contribution in [0, 0.1) is 0 Å². The summed E-state index contributed by atoms with van der Waals surface area (Å²) in [5.41, 5.74) is 1.22. The molecule has 0 heterocycles. The molecule has 0 aromatic rings. The molecule has 0 amide bonds. The molecule has 0 spiro atoms. The predicted octanol–water partition coefficient (Wildman–Crippen LogP) is 3.95. The van der Waals surface area contributed by atoms with Gasteiger partial charge in [-0.3, -0.25) is 0 Å². The molecule has 85 valence electrons. The topological polar surface area (TPSA) is 21.6 Å². The van der Waals surface area contributed by atoms with Crippen LogP contribution in [0.2, 0.25) is 0 Å². The molecule has 1 rings (SSSR count). The van der Waals surface area contributed by atoms with Crippen molar-refractivity contribution >= 4 is 6.21 Å². The number of nitrogens with zero attached hydrogens (tertiary/aromatic N) is 1. The maximum atomic E-state index is 5.16. The highest BCUT2D eigenvalue weighted by Gasteiger charge is 2.00. The number of rotatable bonds is 7. The van der Waals surface area contributed by atoms with Crippen molar-refractivity contribution < 1.29 is 4.84 Å². The maximum absolute atomic E-state index is 5.16. The maximum Gasteiger partial charge on any atom is 0.135 e. The van der Waals surface area contributed by atoms with Crippen LogP contribution in [0.15, 0.2) is 16.8 Å². The molecule has 0 atom stereocenters. The van der Waals surface area contributed by atoms with Gasteiger partial charge in [-0.2, -0.15) is 0 Å². The Morgan fingerprint density at radius 1 is 1.33 bits per heavy atom. The van der Waals surface area contributed by atoms with Crippen molar-refractivity contribution in [2.75, 3.05) is 6.61 Å². The second kappa shape index (κ2) is 8.51. The van der Waals surface area contributed by atoms with Crippen LogP contribution in [-0.4, -0.2) is 12.8 Å². The summed E-state index contributed by atoms with van der Waals surface area (Å²) in [6.45, 7) is 2.95. The first kappa shape index (κ1) is 12.3. The molecule has 15 heavy (non-hydrogen) atoms. The van der Waals surface area contributed by atoms with Crippen LogP contribution < -0.4 is 0 Å². The molecule has 0 aliphatic heterocycles. The molecule has 0 aromatic carbocycles. The Morgan fingerprint density at radius 3 is 3.00 bits per heavy atom. The lowest BCUT2D eigenvalue weighted by molar-refractivity contribution is 0.141. The van der Waals surface area contributed by atoms with Gasteiger partial charge >= 0.3 is 0 Å². The smallest absolute Gasteiger partial charge is 0.135 e. The monoisotopic (exact) mass is 208 g/mol. The molecular formula is C13H22NO. The average molecular weight is 208 g/mol. The van der Waals surface area contributed by atoms with E-state index in [1.165, 1.54) is 44.1 Å². The zero-order valence-electron chi connectivity index (χ0n) is 9.80. The molecule has 1 aliphatic carbocycles. The molecule has 0 unspecified atom stereocenters. The zero-order chi connectivity index (χ0) is 10.8. The normalized spacial score (nSPS) is 16.7. The predicted molar refractivity (Wildman–Crippen MR) is 64.1 cm³/mol. The quantitative estimate of drug-likeness (QED) is 0.353. The Labute approximate surface area is 93.4 Å². The third kappa shape index (κ3) is 6.32. The lowest BCUT2D eigenvalue weighted by atomic mass is 10.0. The van der Waals surface area contributed by atoms with E-state index in [9.17, 15) is 0 Å². The van der Waals surface area contributed by atoms with Gasteiger partial charge in [0.25, 0.3) is 0 Å². The summed E-state index contributed by atoms with van der Waals surface area (Å²) in [5, 5.41) is 3.87. The van der Waals surface area contributed by atoms with E-state index in [-0.39, 0.29) is 0 Å². The van der Waals surface area contributed by atoms with E-state index < -0.39 is 0 Å². The Bertz CT molecular complexity index is 209. The van der Waals surface area contributed by atoms with Gasteiger partial charge in [-0.1, -0.05) is 31.0 Å². The van der Waals surface area contributed by atoms with Crippen molar-refractivity contribution in [2.45, 2.75) is 58.3 Å². The van der Waals surface area contributed by atoms with Crippen molar-refractivity contribution in [3.05, 3.63) is 11.6 Å². The lowest BCUT2D eigenvalue weighted by Crippen LogP contribution is -1.94. The summed E-state index contributed by atoms with van der Waals surface area (Å²) in [7, 11) is 0. The molecule has 1 aliphatic rings. The zero-order valence-corrected chi connectivity index (χ0v) is 9.80. The SMILES string of the molecule is CCCCCCO/N=[C]/C1=CCCCC1. The molecule has 0 aromatic heterocycles. The number of hydrogen-bond acceptors (Lipinski definition) is 2. The van der Waals surface area contributed by atoms with Gasteiger partial charge in [0.2, 0.25) is 0 Å². The molecular weight excluding hydrogens is 186 g/mol. The second-order valence-electron chi connectivity index (χ2n) is 4.07. The van der Waals surface area contributed by atoms with E-state index >= 15 is 0 Å². The van der Waals surface area contributed by atoms with Gasteiger partial charge in [0.15, 0.2) is 0 Å². The first-order valence-corrected chi connectivity index (χ1v) is 6.20. The molecule has 2 nitrogen and oxygen atoms in total. The van der Waals surface area contributed by atoms with Crippen molar-refractivity contribution in [3.63, 3.8) is 0 Å². The highest BCUT2D eigenvalue weighted by atomic mass is 16.6. The van der Waals surface area contributed by atoms with Crippen molar-refractivity contribution in [1.82, 2.24) is 0 Å². The fourth-order valence-electron chi connectivity index (χ4n) is 1.67. The minimum Gasteiger partial charge on any atom is -0.395 e. The molecule has 0 saturated carbocycles. The second-order valence-corrected chi connectivity index (χ2v) is 4.07. The van der Waals surface area contributed by atoms with Crippen molar-refractivity contribution in [3.8, 4) is 0 Å². The summed E-state index contributed by atoms with van der Waals surface area (Å²) in [6, 6.07) is 0. The van der Waals surface area contributed by atoms with Gasteiger partial charge in [0.1, 0.15) is 12.8 Å². The van der Waals surface area contributed by atoms with Crippen LogP contribution in [0.3, 0.4) is 0 Å². The third-order valence-electron chi connectivity index (χ3n) is 2.63. The molecule has 0 bridgehead atoms. The Balaban J connectivity index is 1.98. The summed E-state index contributed by atoms with van der Waals surface area (Å²) in [5.74, 6) is 0. The highest BCUT2D eigenvalue weighted by molar-refractivity contribution is 5.78. The Morgan fingerprint density at radius 2 is 2.27 bits per heavy atom. The van der Waals surface area contributed by atoms with E-state index in [2.05, 4.69) is 24.4 Å². The largest absolute Gasteiger partial charge is 0.395 e. The van der Waals surface area contributed by atoms with Gasteiger partial charge < -0.3 is 4.84 Å². The first-order chi connectivity index (χ1) is 7.43. The summed E-state index contributed by atoms with van der Waals surface area (Å²) in [6.07, 6.45) is 15.0. The van der Waals surface area contributed by atoms with Crippen LogP contribution in [0.5, 0.6) is 0 Å². The van der Waals surface area contributed by atoms with Crippen LogP contribution in [-0.2, 0) is 4.84 Å². The van der Waals surface area contributed by atoms with E-state index in [4.69, 9.17) is 4.84 Å². The van der Waals surface area contributed by atoms with Crippen LogP contribution in [0.4, 0.5) is 0 Å². The number of unbranched alkanes of at least 4 members (excludes halogenated alkanes) is 3. The minimum atomic E-state index is 0.736. The summed E-state index contributed by atoms with van der Waals surface area (Å²) in [4.78, 5) is 5.16. The molecule has 0 saturated heterocycles. The Kier molecular flexibility index (Phi) is 6.97. The molecule has 0 N–H and O–H groups in total. The van der Waals surface area contributed by atoms with Crippen molar-refractivity contribution in [2.24, 2.45) is 5.16 Å². The standard InChI is InChI=1S/C13H22NO/c1-2-3-4-8-11-15-14-12-13-9-6-5-7-10-13/h9H,2-8,10-11H2,1H3. The van der Waals surface area contributed by atoms with Gasteiger partial charge in [-0.25, -0.2) is 0 Å². The minimum absolute atomic E-state index is 0.736. The highest BCUT2D eigenvalue weighted by Crippen LogP contribution is 2.15. The van der Waals surface area contributed by atoms with Crippen molar-refractivity contribution in [1.29, 1.82) is 0 Å². The fraction of sp³-hybridized carbons (Fsp3) is 0.769. The Hall–Kier alpha value is -0.790. The van der Waals surface area contributed by atoms with Crippen LogP contribution >= 0.6 is 0 Å². The van der Waals surface area contributed by atoms with Crippen LogP contribution in [0.25, 0.3) is 0 Å². The van der Waals surface area contributed by atoms with Gasteiger partial charge in [-0.15, -0.1) is 0 Å². The van der Waals surface area contributed by atoms with Gasteiger partial charge in [-0.05, 0) is 44.1 Å². The van der Waals surface area contributed by atoms with E-state index in [0.29, 0.717) is 0 Å². The van der Waals surface area contributed by atoms with E-state index in [1.54, 1.807) is 0 Å². The first-order valence-electron chi connectivity index (χ1n) is 6.20. The molecule has 2 heteroatoms.